The highest BCUT2D eigenvalue weighted by Crippen LogP contribution is 2.36. The Kier molecular flexibility index (Phi) is 4.62. The summed E-state index contributed by atoms with van der Waals surface area (Å²) in [6, 6.07) is 4.27. The second kappa shape index (κ2) is 6.49. The second-order valence-electron chi connectivity index (χ2n) is 5.74. The molecular formula is C16H19Cl2N3O. The Bertz CT molecular complexity index is 667. The van der Waals surface area contributed by atoms with E-state index >= 15 is 0 Å². The van der Waals surface area contributed by atoms with E-state index < -0.39 is 0 Å². The van der Waals surface area contributed by atoms with Crippen LogP contribution in [-0.2, 0) is 20.1 Å². The first-order valence-electron chi connectivity index (χ1n) is 7.30. The van der Waals surface area contributed by atoms with Crippen LogP contribution in [0.15, 0.2) is 24.5 Å². The van der Waals surface area contributed by atoms with E-state index in [4.69, 9.17) is 27.9 Å². The number of halogens is 2. The minimum Gasteiger partial charge on any atom is -0.495 e. The fourth-order valence-corrected chi connectivity index (χ4v) is 3.33. The van der Waals surface area contributed by atoms with Crippen LogP contribution in [0.3, 0.4) is 0 Å². The third-order valence-corrected chi connectivity index (χ3v) is 4.37. The van der Waals surface area contributed by atoms with E-state index in [1.807, 2.05) is 24.0 Å². The molecule has 3 rings (SSSR count). The van der Waals surface area contributed by atoms with Crippen LogP contribution in [0.25, 0.3) is 0 Å². The summed E-state index contributed by atoms with van der Waals surface area (Å²) in [4.78, 5) is 2.43. The zero-order valence-corrected chi connectivity index (χ0v) is 14.2. The van der Waals surface area contributed by atoms with Gasteiger partial charge in [-0.1, -0.05) is 23.2 Å². The van der Waals surface area contributed by atoms with Crippen molar-refractivity contribution in [2.75, 3.05) is 7.11 Å². The number of methoxy groups -OCH3 is 1. The maximum absolute atomic E-state index is 6.24. The van der Waals surface area contributed by atoms with Crippen LogP contribution in [0.1, 0.15) is 24.0 Å². The van der Waals surface area contributed by atoms with E-state index in [0.717, 1.165) is 18.7 Å². The van der Waals surface area contributed by atoms with Gasteiger partial charge in [0.25, 0.3) is 0 Å². The Hall–Kier alpha value is -1.23. The maximum atomic E-state index is 6.24. The third-order valence-electron chi connectivity index (χ3n) is 3.87. The normalized spacial score (nSPS) is 14.6. The summed E-state index contributed by atoms with van der Waals surface area (Å²) in [5, 5.41) is 5.44. The lowest BCUT2D eigenvalue weighted by atomic mass is 10.1. The molecule has 1 aliphatic carbocycles. The van der Waals surface area contributed by atoms with Gasteiger partial charge in [0.1, 0.15) is 5.75 Å². The molecule has 0 radical (unpaired) electrons. The summed E-state index contributed by atoms with van der Waals surface area (Å²) in [6.07, 6.45) is 6.43. The number of benzene rings is 1. The third kappa shape index (κ3) is 3.57. The van der Waals surface area contributed by atoms with Gasteiger partial charge in [-0.3, -0.25) is 9.58 Å². The lowest BCUT2D eigenvalue weighted by molar-refractivity contribution is 0.242. The van der Waals surface area contributed by atoms with Crippen molar-refractivity contribution in [1.29, 1.82) is 0 Å². The number of aromatic nitrogens is 2. The van der Waals surface area contributed by atoms with Crippen LogP contribution in [-0.4, -0.2) is 27.8 Å². The monoisotopic (exact) mass is 339 g/mol. The van der Waals surface area contributed by atoms with Gasteiger partial charge in [-0.2, -0.15) is 5.10 Å². The highest BCUT2D eigenvalue weighted by Gasteiger charge is 2.30. The van der Waals surface area contributed by atoms with Gasteiger partial charge in [0.15, 0.2) is 0 Å². The average Bonchev–Trinajstić information content (AvgIpc) is 3.22. The molecule has 1 aromatic carbocycles. The van der Waals surface area contributed by atoms with E-state index in [2.05, 4.69) is 16.2 Å². The first kappa shape index (κ1) is 15.7. The Morgan fingerprint density at radius 1 is 1.32 bits per heavy atom. The summed E-state index contributed by atoms with van der Waals surface area (Å²) in [7, 11) is 3.58. The zero-order chi connectivity index (χ0) is 15.7. The summed E-state index contributed by atoms with van der Waals surface area (Å²) < 4.78 is 7.28. The van der Waals surface area contributed by atoms with Crippen molar-refractivity contribution in [2.45, 2.75) is 32.0 Å². The Balaban J connectivity index is 1.82. The van der Waals surface area contributed by atoms with E-state index in [-0.39, 0.29) is 0 Å². The molecule has 1 aliphatic rings. The molecule has 1 aromatic heterocycles. The molecule has 1 fully saturated rings. The molecule has 0 N–H and O–H groups in total. The fourth-order valence-electron chi connectivity index (χ4n) is 2.72. The first-order valence-corrected chi connectivity index (χ1v) is 8.06. The smallest absolute Gasteiger partial charge is 0.142 e. The zero-order valence-electron chi connectivity index (χ0n) is 12.7. The highest BCUT2D eigenvalue weighted by molar-refractivity contribution is 6.35. The van der Waals surface area contributed by atoms with E-state index in [1.54, 1.807) is 13.2 Å². The number of rotatable bonds is 6. The maximum Gasteiger partial charge on any atom is 0.142 e. The number of hydrogen-bond donors (Lipinski definition) is 0. The molecule has 4 nitrogen and oxygen atoms in total. The molecule has 0 saturated heterocycles. The Morgan fingerprint density at radius 2 is 2.09 bits per heavy atom. The van der Waals surface area contributed by atoms with Crippen LogP contribution in [0.2, 0.25) is 10.0 Å². The molecule has 0 spiro atoms. The van der Waals surface area contributed by atoms with Gasteiger partial charge in [-0.05, 0) is 25.0 Å². The molecule has 2 aromatic rings. The average molecular weight is 340 g/mol. The molecule has 22 heavy (non-hydrogen) atoms. The second-order valence-corrected chi connectivity index (χ2v) is 6.58. The summed E-state index contributed by atoms with van der Waals surface area (Å²) in [6.45, 7) is 1.63. The summed E-state index contributed by atoms with van der Waals surface area (Å²) in [5.41, 5.74) is 2.23. The number of ether oxygens (including phenoxy) is 1. The standard InChI is InChI=1S/C16H19Cl2N3O/c1-20-8-11(7-19-20)9-21(14-3-4-14)10-12-5-13(17)6-15(18)16(12)22-2/h5-8,14H,3-4,9-10H2,1-2H3. The molecule has 1 heterocycles. The van der Waals surface area contributed by atoms with Gasteiger partial charge < -0.3 is 4.74 Å². The molecule has 6 heteroatoms. The number of aryl methyl sites for hydroxylation is 1. The summed E-state index contributed by atoms with van der Waals surface area (Å²) >= 11 is 12.4. The van der Waals surface area contributed by atoms with Crippen molar-refractivity contribution in [3.8, 4) is 5.75 Å². The van der Waals surface area contributed by atoms with E-state index in [1.165, 1.54) is 18.4 Å². The SMILES string of the molecule is COc1c(Cl)cc(Cl)cc1CN(Cc1cnn(C)c1)C1CC1. The van der Waals surface area contributed by atoms with Crippen molar-refractivity contribution < 1.29 is 4.74 Å². The van der Waals surface area contributed by atoms with Crippen molar-refractivity contribution in [3.05, 3.63) is 45.7 Å². The minimum absolute atomic E-state index is 0.558. The van der Waals surface area contributed by atoms with Crippen LogP contribution < -0.4 is 4.74 Å². The van der Waals surface area contributed by atoms with Crippen LogP contribution in [0, 0.1) is 0 Å². The molecule has 118 valence electrons. The van der Waals surface area contributed by atoms with Gasteiger partial charge in [0, 0.05) is 48.5 Å². The Morgan fingerprint density at radius 3 is 2.68 bits per heavy atom. The van der Waals surface area contributed by atoms with Gasteiger partial charge >= 0.3 is 0 Å². The van der Waals surface area contributed by atoms with Gasteiger partial charge in [0.05, 0.1) is 18.3 Å². The van der Waals surface area contributed by atoms with E-state index in [0.29, 0.717) is 21.8 Å². The van der Waals surface area contributed by atoms with E-state index in [9.17, 15) is 0 Å². The van der Waals surface area contributed by atoms with Gasteiger partial charge in [-0.15, -0.1) is 0 Å². The fraction of sp³-hybridized carbons (Fsp3) is 0.438. The molecular weight excluding hydrogens is 321 g/mol. The predicted molar refractivity (Wildman–Crippen MR) is 88.5 cm³/mol. The topological polar surface area (TPSA) is 30.3 Å². The highest BCUT2D eigenvalue weighted by atomic mass is 35.5. The molecule has 1 saturated carbocycles. The van der Waals surface area contributed by atoms with Crippen molar-refractivity contribution in [3.63, 3.8) is 0 Å². The minimum atomic E-state index is 0.558. The van der Waals surface area contributed by atoms with Crippen molar-refractivity contribution in [1.82, 2.24) is 14.7 Å². The molecule has 0 unspecified atom stereocenters. The number of hydrogen-bond acceptors (Lipinski definition) is 3. The van der Waals surface area contributed by atoms with Gasteiger partial charge in [-0.25, -0.2) is 0 Å². The predicted octanol–water partition coefficient (Wildman–Crippen LogP) is 3.90. The summed E-state index contributed by atoms with van der Waals surface area (Å²) in [5.74, 6) is 0.711. The number of nitrogens with zero attached hydrogens (tertiary/aromatic N) is 3. The quantitative estimate of drug-likeness (QED) is 0.799. The van der Waals surface area contributed by atoms with Gasteiger partial charge in [0.2, 0.25) is 0 Å². The van der Waals surface area contributed by atoms with Crippen molar-refractivity contribution >= 4 is 23.2 Å². The van der Waals surface area contributed by atoms with Crippen molar-refractivity contribution in [2.24, 2.45) is 7.05 Å². The Labute approximate surface area is 140 Å². The molecule has 0 atom stereocenters. The van der Waals surface area contributed by atoms with Crippen LogP contribution >= 0.6 is 23.2 Å². The first-order chi connectivity index (χ1) is 10.6. The molecule has 0 amide bonds. The van der Waals surface area contributed by atoms with Crippen LogP contribution in [0.5, 0.6) is 5.75 Å². The molecule has 0 aliphatic heterocycles. The lowest BCUT2D eigenvalue weighted by Gasteiger charge is -2.23. The molecule has 0 bridgehead atoms. The largest absolute Gasteiger partial charge is 0.495 e. The lowest BCUT2D eigenvalue weighted by Crippen LogP contribution is -2.25. The van der Waals surface area contributed by atoms with Crippen LogP contribution in [0.4, 0.5) is 0 Å².